The Morgan fingerprint density at radius 1 is 1.50 bits per heavy atom. The average Bonchev–Trinajstić information content (AvgIpc) is 2.89. The molecular weight excluding hydrogens is 248 g/mol. The van der Waals surface area contributed by atoms with Gasteiger partial charge in [-0.25, -0.2) is 0 Å². The zero-order chi connectivity index (χ0) is 11.4. The fourth-order valence-corrected chi connectivity index (χ4v) is 2.35. The number of thioether (sulfide) groups is 1. The van der Waals surface area contributed by atoms with Crippen LogP contribution in [-0.2, 0) is 7.05 Å². The molecule has 0 aromatic carbocycles. The van der Waals surface area contributed by atoms with Crippen LogP contribution in [0.4, 0.5) is 0 Å². The van der Waals surface area contributed by atoms with Crippen molar-refractivity contribution >= 4 is 23.4 Å². The van der Waals surface area contributed by atoms with Gasteiger partial charge in [-0.05, 0) is 6.42 Å². The molecule has 2 rings (SSSR count). The summed E-state index contributed by atoms with van der Waals surface area (Å²) in [4.78, 5) is 0. The third-order valence-corrected chi connectivity index (χ3v) is 3.38. The number of aromatic nitrogens is 4. The fourth-order valence-electron chi connectivity index (χ4n) is 1.20. The normalized spacial score (nSPS) is 10.9. The molecule has 0 saturated heterocycles. The van der Waals surface area contributed by atoms with E-state index in [4.69, 9.17) is 16.1 Å². The van der Waals surface area contributed by atoms with Crippen LogP contribution >= 0.6 is 23.4 Å². The number of nitrogens with zero attached hydrogens (tertiary/aromatic N) is 4. The van der Waals surface area contributed by atoms with Gasteiger partial charge in [0.1, 0.15) is 0 Å². The van der Waals surface area contributed by atoms with Crippen molar-refractivity contribution in [3.05, 3.63) is 12.3 Å². The highest BCUT2D eigenvalue weighted by Gasteiger charge is 2.13. The van der Waals surface area contributed by atoms with Crippen molar-refractivity contribution in [1.82, 2.24) is 19.9 Å². The summed E-state index contributed by atoms with van der Waals surface area (Å²) in [5.74, 6) is 2.91. The Labute approximate surface area is 102 Å². The summed E-state index contributed by atoms with van der Waals surface area (Å²) < 4.78 is 6.92. The van der Waals surface area contributed by atoms with Crippen LogP contribution in [0.25, 0.3) is 11.6 Å². The number of alkyl halides is 1. The van der Waals surface area contributed by atoms with E-state index in [1.807, 2.05) is 11.6 Å². The molecular formula is C9H11ClN4OS. The summed E-state index contributed by atoms with van der Waals surface area (Å²) in [5.41, 5.74) is 0. The Bertz CT molecular complexity index is 442. The zero-order valence-corrected chi connectivity index (χ0v) is 10.3. The fraction of sp³-hybridized carbons (Fsp3) is 0.444. The highest BCUT2D eigenvalue weighted by molar-refractivity contribution is 7.99. The first-order chi connectivity index (χ1) is 7.83. The minimum atomic E-state index is 0.624. The molecule has 5 nitrogen and oxygen atoms in total. The molecule has 0 saturated carbocycles. The van der Waals surface area contributed by atoms with E-state index in [1.165, 1.54) is 0 Å². The Balaban J connectivity index is 2.12. The molecule has 86 valence electrons. The average molecular weight is 259 g/mol. The van der Waals surface area contributed by atoms with Gasteiger partial charge in [0.2, 0.25) is 11.6 Å². The molecule has 2 aromatic heterocycles. The molecule has 0 aliphatic heterocycles. The Kier molecular flexibility index (Phi) is 3.84. The highest BCUT2D eigenvalue weighted by atomic mass is 35.5. The molecule has 0 bridgehead atoms. The van der Waals surface area contributed by atoms with Crippen LogP contribution in [0.5, 0.6) is 0 Å². The lowest BCUT2D eigenvalue weighted by molar-refractivity contribution is 0.428. The van der Waals surface area contributed by atoms with Crippen molar-refractivity contribution in [2.45, 2.75) is 11.6 Å². The van der Waals surface area contributed by atoms with Crippen LogP contribution in [0.2, 0.25) is 0 Å². The third-order valence-electron chi connectivity index (χ3n) is 2.00. The molecule has 0 N–H and O–H groups in total. The van der Waals surface area contributed by atoms with Crippen LogP contribution in [-0.4, -0.2) is 31.6 Å². The van der Waals surface area contributed by atoms with Crippen LogP contribution in [0, 0.1) is 0 Å². The van der Waals surface area contributed by atoms with Crippen molar-refractivity contribution in [3.8, 4) is 11.6 Å². The number of halogens is 1. The van der Waals surface area contributed by atoms with Crippen molar-refractivity contribution < 1.29 is 4.52 Å². The summed E-state index contributed by atoms with van der Waals surface area (Å²) in [6.07, 6.45) is 2.54. The van der Waals surface area contributed by atoms with Gasteiger partial charge in [-0.15, -0.1) is 21.8 Å². The lowest BCUT2D eigenvalue weighted by atomic mass is 10.4. The molecule has 0 aliphatic carbocycles. The van der Waals surface area contributed by atoms with Gasteiger partial charge in [-0.2, -0.15) is 0 Å². The molecule has 2 aromatic rings. The van der Waals surface area contributed by atoms with Crippen LogP contribution in [0.1, 0.15) is 6.42 Å². The number of rotatable bonds is 5. The number of hydrogen-bond acceptors (Lipinski definition) is 5. The van der Waals surface area contributed by atoms with Gasteiger partial charge in [0.05, 0.1) is 6.20 Å². The molecule has 0 fully saturated rings. The van der Waals surface area contributed by atoms with Crippen molar-refractivity contribution in [2.24, 2.45) is 7.05 Å². The first-order valence-electron chi connectivity index (χ1n) is 4.82. The maximum Gasteiger partial charge on any atom is 0.204 e. The van der Waals surface area contributed by atoms with E-state index in [0.717, 1.165) is 17.3 Å². The third kappa shape index (κ3) is 2.38. The van der Waals surface area contributed by atoms with Gasteiger partial charge in [0.25, 0.3) is 0 Å². The van der Waals surface area contributed by atoms with Gasteiger partial charge in [0, 0.05) is 24.7 Å². The quantitative estimate of drug-likeness (QED) is 0.467. The molecule has 2 heterocycles. The van der Waals surface area contributed by atoms with Crippen molar-refractivity contribution in [3.63, 3.8) is 0 Å². The Hall–Kier alpha value is -1.01. The molecule has 0 atom stereocenters. The van der Waals surface area contributed by atoms with E-state index in [2.05, 4.69) is 15.4 Å². The minimum absolute atomic E-state index is 0.624. The monoisotopic (exact) mass is 258 g/mol. The van der Waals surface area contributed by atoms with Crippen LogP contribution in [0.3, 0.4) is 0 Å². The summed E-state index contributed by atoms with van der Waals surface area (Å²) in [6, 6.07) is 1.76. The van der Waals surface area contributed by atoms with E-state index in [0.29, 0.717) is 17.5 Å². The highest BCUT2D eigenvalue weighted by Crippen LogP contribution is 2.22. The molecule has 0 unspecified atom stereocenters. The zero-order valence-electron chi connectivity index (χ0n) is 8.76. The van der Waals surface area contributed by atoms with Gasteiger partial charge in [-0.1, -0.05) is 16.9 Å². The molecule has 7 heteroatoms. The van der Waals surface area contributed by atoms with E-state index < -0.39 is 0 Å². The Morgan fingerprint density at radius 2 is 2.38 bits per heavy atom. The summed E-state index contributed by atoms with van der Waals surface area (Å²) in [5, 5.41) is 12.7. The summed E-state index contributed by atoms with van der Waals surface area (Å²) >= 11 is 7.25. The van der Waals surface area contributed by atoms with Crippen molar-refractivity contribution in [1.29, 1.82) is 0 Å². The predicted octanol–water partition coefficient (Wildman–Crippen LogP) is 2.19. The number of hydrogen-bond donors (Lipinski definition) is 0. The lowest BCUT2D eigenvalue weighted by Crippen LogP contribution is -1.94. The van der Waals surface area contributed by atoms with E-state index in [9.17, 15) is 0 Å². The molecule has 0 amide bonds. The van der Waals surface area contributed by atoms with Crippen LogP contribution in [0.15, 0.2) is 21.9 Å². The second kappa shape index (κ2) is 5.36. The van der Waals surface area contributed by atoms with E-state index in [1.54, 1.807) is 24.0 Å². The van der Waals surface area contributed by atoms with Gasteiger partial charge < -0.3 is 9.09 Å². The molecule has 16 heavy (non-hydrogen) atoms. The van der Waals surface area contributed by atoms with Crippen LogP contribution < -0.4 is 0 Å². The maximum absolute atomic E-state index is 5.61. The van der Waals surface area contributed by atoms with Gasteiger partial charge in [0.15, 0.2) is 5.16 Å². The topological polar surface area (TPSA) is 56.7 Å². The second-order valence-corrected chi connectivity index (χ2v) is 4.57. The summed E-state index contributed by atoms with van der Waals surface area (Å²) in [6.45, 7) is 0. The van der Waals surface area contributed by atoms with Gasteiger partial charge in [-0.3, -0.25) is 0 Å². The minimum Gasteiger partial charge on any atom is -0.353 e. The Morgan fingerprint density at radius 3 is 3.06 bits per heavy atom. The first kappa shape index (κ1) is 11.5. The maximum atomic E-state index is 5.61. The largest absolute Gasteiger partial charge is 0.353 e. The second-order valence-electron chi connectivity index (χ2n) is 3.13. The SMILES string of the molecule is Cn1c(SCCCCl)nnc1-c1ccno1. The van der Waals surface area contributed by atoms with Gasteiger partial charge >= 0.3 is 0 Å². The van der Waals surface area contributed by atoms with E-state index in [-0.39, 0.29) is 0 Å². The van der Waals surface area contributed by atoms with Crippen molar-refractivity contribution in [2.75, 3.05) is 11.6 Å². The molecule has 0 radical (unpaired) electrons. The summed E-state index contributed by atoms with van der Waals surface area (Å²) in [7, 11) is 1.90. The smallest absolute Gasteiger partial charge is 0.204 e. The first-order valence-corrected chi connectivity index (χ1v) is 6.34. The molecule has 0 spiro atoms. The van der Waals surface area contributed by atoms with E-state index >= 15 is 0 Å². The standard InChI is InChI=1S/C9H11ClN4OS/c1-14-8(7-3-5-11-15-7)12-13-9(14)16-6-2-4-10/h3,5H,2,4,6H2,1H3. The lowest BCUT2D eigenvalue weighted by Gasteiger charge is -2.00. The predicted molar refractivity (Wildman–Crippen MR) is 62.6 cm³/mol. The molecule has 0 aliphatic rings.